The molecule has 0 heterocycles. The van der Waals surface area contributed by atoms with E-state index in [0.717, 1.165) is 9.87 Å². The molecule has 1 N–H and O–H groups in total. The third-order valence-corrected chi connectivity index (χ3v) is 5.70. The molecule has 2 rings (SSSR count). The maximum Gasteiger partial charge on any atom is 0.321 e. The van der Waals surface area contributed by atoms with Gasteiger partial charge in [0.25, 0.3) is 0 Å². The molecule has 0 saturated heterocycles. The molecule has 0 aliphatic rings. The summed E-state index contributed by atoms with van der Waals surface area (Å²) in [6.45, 7) is 1.13. The summed E-state index contributed by atoms with van der Waals surface area (Å²) in [5.74, 6) is -0.887. The average Bonchev–Trinajstić information content (AvgIpc) is 2.65. The third-order valence-electron chi connectivity index (χ3n) is 3.84. The molecule has 0 aliphatic heterocycles. The molecule has 0 bridgehead atoms. The van der Waals surface area contributed by atoms with E-state index in [1.54, 1.807) is 0 Å². The minimum atomic E-state index is -3.90. The molecular formula is C19H22N2O5S. The third kappa shape index (κ3) is 5.90. The lowest BCUT2D eigenvalue weighted by molar-refractivity contribution is -0.140. The zero-order chi connectivity index (χ0) is 19.9. The Morgan fingerprint density at radius 2 is 1.67 bits per heavy atom. The first kappa shape index (κ1) is 20.6. The Kier molecular flexibility index (Phi) is 7.09. The van der Waals surface area contributed by atoms with Crippen LogP contribution in [-0.4, -0.2) is 44.8 Å². The van der Waals surface area contributed by atoms with Crippen LogP contribution in [0.5, 0.6) is 0 Å². The van der Waals surface area contributed by atoms with Crippen LogP contribution < -0.4 is 5.32 Å². The molecule has 7 nitrogen and oxygen atoms in total. The van der Waals surface area contributed by atoms with Crippen LogP contribution in [-0.2, 0) is 30.8 Å². The molecule has 0 saturated carbocycles. The van der Waals surface area contributed by atoms with E-state index >= 15 is 0 Å². The summed E-state index contributed by atoms with van der Waals surface area (Å²) in [5.41, 5.74) is 1.45. The van der Waals surface area contributed by atoms with Crippen molar-refractivity contribution in [3.8, 4) is 0 Å². The number of hydrogen-bond acceptors (Lipinski definition) is 5. The zero-order valence-electron chi connectivity index (χ0n) is 15.2. The molecule has 27 heavy (non-hydrogen) atoms. The second-order valence-corrected chi connectivity index (χ2v) is 7.79. The summed E-state index contributed by atoms with van der Waals surface area (Å²) in [6.07, 6.45) is 0.459. The summed E-state index contributed by atoms with van der Waals surface area (Å²) < 4.78 is 31.7. The van der Waals surface area contributed by atoms with Crippen molar-refractivity contribution >= 4 is 27.6 Å². The minimum Gasteiger partial charge on any atom is -0.468 e. The van der Waals surface area contributed by atoms with E-state index in [9.17, 15) is 18.0 Å². The summed E-state index contributed by atoms with van der Waals surface area (Å²) in [5, 5.41) is 2.58. The van der Waals surface area contributed by atoms with Crippen LogP contribution in [0.4, 0.5) is 5.69 Å². The fourth-order valence-corrected chi connectivity index (χ4v) is 3.84. The molecule has 0 spiro atoms. The summed E-state index contributed by atoms with van der Waals surface area (Å²) in [6, 6.07) is 15.2. The highest BCUT2D eigenvalue weighted by Gasteiger charge is 2.26. The van der Waals surface area contributed by atoms with Gasteiger partial charge in [0, 0.05) is 19.2 Å². The maximum atomic E-state index is 13.0. The number of benzene rings is 2. The van der Waals surface area contributed by atoms with Crippen molar-refractivity contribution < 1.29 is 22.7 Å². The second kappa shape index (κ2) is 9.29. The van der Waals surface area contributed by atoms with E-state index in [1.807, 2.05) is 30.3 Å². The van der Waals surface area contributed by atoms with Crippen molar-refractivity contribution in [2.45, 2.75) is 18.2 Å². The zero-order valence-corrected chi connectivity index (χ0v) is 16.0. The number of ether oxygens (including phenoxy) is 1. The number of nitrogens with zero attached hydrogens (tertiary/aromatic N) is 1. The Labute approximate surface area is 159 Å². The topological polar surface area (TPSA) is 92.8 Å². The molecule has 0 radical (unpaired) electrons. The highest BCUT2D eigenvalue weighted by molar-refractivity contribution is 7.89. The van der Waals surface area contributed by atoms with Crippen LogP contribution in [0.25, 0.3) is 0 Å². The molecule has 1 amide bonds. The normalized spacial score (nSPS) is 11.2. The Morgan fingerprint density at radius 1 is 1.04 bits per heavy atom. The number of carbonyl (C=O) groups excluding carboxylic acids is 2. The molecule has 0 fully saturated rings. The van der Waals surface area contributed by atoms with Crippen molar-refractivity contribution in [1.29, 1.82) is 0 Å². The number of methoxy groups -OCH3 is 1. The number of rotatable bonds is 8. The number of hydrogen-bond donors (Lipinski definition) is 1. The monoisotopic (exact) mass is 390 g/mol. The van der Waals surface area contributed by atoms with E-state index in [0.29, 0.717) is 12.1 Å². The average molecular weight is 390 g/mol. The van der Waals surface area contributed by atoms with Crippen LogP contribution in [0.15, 0.2) is 59.5 Å². The lowest BCUT2D eigenvalue weighted by Gasteiger charge is -2.21. The fourth-order valence-electron chi connectivity index (χ4n) is 2.45. The highest BCUT2D eigenvalue weighted by Crippen LogP contribution is 2.19. The number of esters is 1. The predicted molar refractivity (Wildman–Crippen MR) is 102 cm³/mol. The van der Waals surface area contributed by atoms with Gasteiger partial charge in [-0.15, -0.1) is 0 Å². The Balaban J connectivity index is 2.23. The van der Waals surface area contributed by atoms with Gasteiger partial charge in [0.05, 0.1) is 12.0 Å². The second-order valence-electron chi connectivity index (χ2n) is 5.86. The van der Waals surface area contributed by atoms with Crippen LogP contribution >= 0.6 is 0 Å². The van der Waals surface area contributed by atoms with E-state index in [-0.39, 0.29) is 23.9 Å². The van der Waals surface area contributed by atoms with Gasteiger partial charge in [0.1, 0.15) is 6.54 Å². The van der Waals surface area contributed by atoms with E-state index in [4.69, 9.17) is 0 Å². The van der Waals surface area contributed by atoms with E-state index in [1.165, 1.54) is 38.3 Å². The van der Waals surface area contributed by atoms with Gasteiger partial charge in [-0.3, -0.25) is 9.59 Å². The van der Waals surface area contributed by atoms with Gasteiger partial charge in [-0.1, -0.05) is 30.3 Å². The van der Waals surface area contributed by atoms with Gasteiger partial charge >= 0.3 is 5.97 Å². The fraction of sp³-hybridized carbons (Fsp3) is 0.263. The molecule has 2 aromatic rings. The van der Waals surface area contributed by atoms with Crippen molar-refractivity contribution in [1.82, 2.24) is 4.31 Å². The van der Waals surface area contributed by atoms with Gasteiger partial charge in [-0.25, -0.2) is 8.42 Å². The SMILES string of the molecule is COC(=O)CN(CCc1ccccc1)S(=O)(=O)c1ccc(NC(C)=O)cc1. The Bertz CT molecular complexity index is 880. The number of nitrogens with one attached hydrogen (secondary N) is 1. The molecule has 144 valence electrons. The number of anilines is 1. The summed E-state index contributed by atoms with van der Waals surface area (Å²) in [4.78, 5) is 22.8. The van der Waals surface area contributed by atoms with Crippen molar-refractivity contribution in [2.24, 2.45) is 0 Å². The van der Waals surface area contributed by atoms with Gasteiger partial charge in [-0.2, -0.15) is 4.31 Å². The Hall–Kier alpha value is -2.71. The molecular weight excluding hydrogens is 368 g/mol. The first-order valence-electron chi connectivity index (χ1n) is 8.31. The van der Waals surface area contributed by atoms with E-state index < -0.39 is 16.0 Å². The summed E-state index contributed by atoms with van der Waals surface area (Å²) in [7, 11) is -2.69. The maximum absolute atomic E-state index is 13.0. The molecule has 8 heteroatoms. The van der Waals surface area contributed by atoms with Gasteiger partial charge < -0.3 is 10.1 Å². The van der Waals surface area contributed by atoms with Gasteiger partial charge in [0.2, 0.25) is 15.9 Å². The standard InChI is InChI=1S/C19H22N2O5S/c1-15(22)20-17-8-10-18(11-9-17)27(24,25)21(14-19(23)26-2)13-12-16-6-4-3-5-7-16/h3-11H,12-14H2,1-2H3,(H,20,22). The Morgan fingerprint density at radius 3 is 2.22 bits per heavy atom. The summed E-state index contributed by atoms with van der Waals surface area (Å²) >= 11 is 0. The molecule has 2 aromatic carbocycles. The molecule has 0 aliphatic carbocycles. The smallest absolute Gasteiger partial charge is 0.321 e. The first-order chi connectivity index (χ1) is 12.8. The van der Waals surface area contributed by atoms with Crippen molar-refractivity contribution in [3.63, 3.8) is 0 Å². The number of carbonyl (C=O) groups is 2. The molecule has 0 aromatic heterocycles. The van der Waals surface area contributed by atoms with Crippen molar-refractivity contribution in [2.75, 3.05) is 25.5 Å². The minimum absolute atomic E-state index is 0.0357. The molecule has 0 atom stereocenters. The van der Waals surface area contributed by atoms with Gasteiger partial charge in [-0.05, 0) is 36.2 Å². The highest BCUT2D eigenvalue weighted by atomic mass is 32.2. The lowest BCUT2D eigenvalue weighted by Crippen LogP contribution is -2.37. The van der Waals surface area contributed by atoms with Crippen LogP contribution in [0, 0.1) is 0 Å². The van der Waals surface area contributed by atoms with Crippen LogP contribution in [0.1, 0.15) is 12.5 Å². The molecule has 0 unspecified atom stereocenters. The van der Waals surface area contributed by atoms with E-state index in [2.05, 4.69) is 10.1 Å². The lowest BCUT2D eigenvalue weighted by atomic mass is 10.1. The largest absolute Gasteiger partial charge is 0.468 e. The number of sulfonamides is 1. The van der Waals surface area contributed by atoms with Crippen LogP contribution in [0.2, 0.25) is 0 Å². The first-order valence-corrected chi connectivity index (χ1v) is 9.75. The predicted octanol–water partition coefficient (Wildman–Crippen LogP) is 2.05. The van der Waals surface area contributed by atoms with Crippen LogP contribution in [0.3, 0.4) is 0 Å². The van der Waals surface area contributed by atoms with Crippen molar-refractivity contribution in [3.05, 3.63) is 60.2 Å². The van der Waals surface area contributed by atoms with Gasteiger partial charge in [0.15, 0.2) is 0 Å². The quantitative estimate of drug-likeness (QED) is 0.697. The number of amides is 1.